The minimum Gasteiger partial charge on any atom is -0.386 e. The summed E-state index contributed by atoms with van der Waals surface area (Å²) in [4.78, 5) is 32.9. The summed E-state index contributed by atoms with van der Waals surface area (Å²) < 4.78 is 4.79. The van der Waals surface area contributed by atoms with Gasteiger partial charge < -0.3 is 4.74 Å². The second-order valence-corrected chi connectivity index (χ2v) is 5.47. The molecular weight excluding hydrogens is 304 g/mol. The molecule has 0 spiro atoms. The highest BCUT2D eigenvalue weighted by molar-refractivity contribution is 6.34. The predicted octanol–water partition coefficient (Wildman–Crippen LogP) is 3.10. The molecule has 0 radical (unpaired) electrons. The number of carbonyl (C=O) groups is 2. The highest BCUT2D eigenvalue weighted by Crippen LogP contribution is 2.41. The molecule has 0 saturated carbocycles. The number of pyridine rings is 1. The lowest BCUT2D eigenvalue weighted by Gasteiger charge is -2.26. The molecule has 0 saturated heterocycles. The van der Waals surface area contributed by atoms with Crippen molar-refractivity contribution in [2.24, 2.45) is 4.99 Å². The summed E-state index contributed by atoms with van der Waals surface area (Å²) in [5.74, 6) is -1.33. The zero-order valence-electron chi connectivity index (χ0n) is 12.9. The Morgan fingerprint density at radius 1 is 1.12 bits per heavy atom. The molecule has 0 fully saturated rings. The van der Waals surface area contributed by atoms with Crippen molar-refractivity contribution in [1.82, 2.24) is 4.98 Å². The average molecular weight is 316 g/mol. The third-order valence-electron chi connectivity index (χ3n) is 4.29. The number of hydrogen-bond acceptors (Lipinski definition) is 5. The van der Waals surface area contributed by atoms with Crippen LogP contribution in [0.3, 0.4) is 0 Å². The van der Waals surface area contributed by atoms with Crippen molar-refractivity contribution >= 4 is 34.0 Å². The van der Waals surface area contributed by atoms with Crippen molar-refractivity contribution in [3.8, 4) is 0 Å². The van der Waals surface area contributed by atoms with Crippen LogP contribution < -0.4 is 0 Å². The molecule has 0 amide bonds. The van der Waals surface area contributed by atoms with Gasteiger partial charge in [0.1, 0.15) is 0 Å². The fraction of sp³-hybridized carbons (Fsp3) is 0.0526. The Bertz CT molecular complexity index is 1040. The van der Waals surface area contributed by atoms with E-state index in [2.05, 4.69) is 23.1 Å². The Morgan fingerprint density at radius 2 is 1.83 bits per heavy atom. The molecule has 1 aromatic carbocycles. The number of hydrogen-bond donors (Lipinski definition) is 0. The third-order valence-corrected chi connectivity index (χ3v) is 4.29. The smallest absolute Gasteiger partial charge is 0.348 e. The van der Waals surface area contributed by atoms with Crippen LogP contribution in [-0.2, 0) is 4.74 Å². The van der Waals surface area contributed by atoms with Gasteiger partial charge in [0.2, 0.25) is 0 Å². The minimum absolute atomic E-state index is 0.283. The van der Waals surface area contributed by atoms with E-state index in [4.69, 9.17) is 4.74 Å². The van der Waals surface area contributed by atoms with Gasteiger partial charge in [0.25, 0.3) is 0 Å². The molecule has 5 heteroatoms. The van der Waals surface area contributed by atoms with E-state index in [9.17, 15) is 9.59 Å². The normalized spacial score (nSPS) is 19.1. The van der Waals surface area contributed by atoms with E-state index in [1.165, 1.54) is 6.20 Å². The van der Waals surface area contributed by atoms with Gasteiger partial charge in [0, 0.05) is 40.7 Å². The van der Waals surface area contributed by atoms with Crippen molar-refractivity contribution in [1.29, 1.82) is 0 Å². The molecule has 4 rings (SSSR count). The van der Waals surface area contributed by atoms with E-state index < -0.39 is 11.9 Å². The predicted molar refractivity (Wildman–Crippen MR) is 91.3 cm³/mol. The summed E-state index contributed by atoms with van der Waals surface area (Å²) in [5.41, 5.74) is 4.30. The van der Waals surface area contributed by atoms with Crippen LogP contribution in [-0.4, -0.2) is 29.7 Å². The molecule has 5 nitrogen and oxygen atoms in total. The zero-order valence-corrected chi connectivity index (χ0v) is 12.9. The van der Waals surface area contributed by atoms with Crippen molar-refractivity contribution in [2.45, 2.75) is 0 Å². The first-order chi connectivity index (χ1) is 11.6. The van der Waals surface area contributed by atoms with Crippen LogP contribution in [0.4, 0.5) is 0 Å². The van der Waals surface area contributed by atoms with Crippen LogP contribution in [0.1, 0.15) is 32.0 Å². The SMILES string of the molecule is C=C/C=C1\C(=C)C(=NC)c2ccc3c4c(cnc1c24)C(=O)OC3=O. The molecule has 1 aliphatic carbocycles. The summed E-state index contributed by atoms with van der Waals surface area (Å²) in [6.45, 7) is 7.85. The van der Waals surface area contributed by atoms with Crippen LogP contribution in [0.5, 0.6) is 0 Å². The van der Waals surface area contributed by atoms with E-state index in [1.54, 1.807) is 31.3 Å². The van der Waals surface area contributed by atoms with Crippen molar-refractivity contribution in [3.05, 3.63) is 71.6 Å². The van der Waals surface area contributed by atoms with Crippen LogP contribution in [0.2, 0.25) is 0 Å². The fourth-order valence-electron chi connectivity index (χ4n) is 3.29. The lowest BCUT2D eigenvalue weighted by atomic mass is 9.81. The second kappa shape index (κ2) is 4.83. The number of aliphatic imine (C=N–C) groups is 1. The monoisotopic (exact) mass is 316 g/mol. The molecule has 2 aromatic rings. The van der Waals surface area contributed by atoms with Gasteiger partial charge in [0.05, 0.1) is 22.5 Å². The standard InChI is InChI=1S/C19H12N2O3/c1-4-5-10-9(2)16(20-3)11-6-7-12-14-13(19(23)24-18(12)22)8-21-17(10)15(11)14/h4-8H,1-2H2,3H3/b10-5+,20-16?. The summed E-state index contributed by atoms with van der Waals surface area (Å²) in [6, 6.07) is 3.45. The molecule has 0 N–H and O–H groups in total. The minimum atomic E-state index is -0.683. The molecule has 0 atom stereocenters. The number of allylic oxidation sites excluding steroid dienone is 4. The maximum atomic E-state index is 12.1. The number of ether oxygens (including phenoxy) is 1. The Labute approximate surface area is 137 Å². The second-order valence-electron chi connectivity index (χ2n) is 5.47. The van der Waals surface area contributed by atoms with Gasteiger partial charge in [-0.15, -0.1) is 0 Å². The average Bonchev–Trinajstić information content (AvgIpc) is 2.57. The fourth-order valence-corrected chi connectivity index (χ4v) is 3.29. The van der Waals surface area contributed by atoms with Crippen LogP contribution in [0.15, 0.2) is 54.2 Å². The lowest BCUT2D eigenvalue weighted by Crippen LogP contribution is -2.23. The number of cyclic esters (lactones) is 2. The van der Waals surface area contributed by atoms with Crippen LogP contribution >= 0.6 is 0 Å². The molecular formula is C19H12N2O3. The highest BCUT2D eigenvalue weighted by atomic mass is 16.6. The number of benzene rings is 1. The molecule has 0 unspecified atom stereocenters. The van der Waals surface area contributed by atoms with Gasteiger partial charge in [-0.05, 0) is 6.07 Å². The van der Waals surface area contributed by atoms with Gasteiger partial charge in [0.15, 0.2) is 0 Å². The quantitative estimate of drug-likeness (QED) is 0.599. The van der Waals surface area contributed by atoms with E-state index in [0.717, 1.165) is 22.1 Å². The first-order valence-electron chi connectivity index (χ1n) is 7.30. The largest absolute Gasteiger partial charge is 0.386 e. The van der Waals surface area contributed by atoms with E-state index in [1.807, 2.05) is 0 Å². The number of rotatable bonds is 1. The Kier molecular flexibility index (Phi) is 2.87. The van der Waals surface area contributed by atoms with Gasteiger partial charge in [-0.2, -0.15) is 0 Å². The topological polar surface area (TPSA) is 68.6 Å². The maximum Gasteiger partial charge on any atom is 0.348 e. The van der Waals surface area contributed by atoms with Gasteiger partial charge in [-0.1, -0.05) is 31.4 Å². The Balaban J connectivity index is 2.26. The van der Waals surface area contributed by atoms with Crippen molar-refractivity contribution in [2.75, 3.05) is 7.05 Å². The zero-order chi connectivity index (χ0) is 17.0. The Morgan fingerprint density at radius 3 is 2.54 bits per heavy atom. The molecule has 2 aliphatic rings. The summed E-state index contributed by atoms with van der Waals surface area (Å²) in [6.07, 6.45) is 4.89. The van der Waals surface area contributed by atoms with Crippen LogP contribution in [0.25, 0.3) is 16.3 Å². The van der Waals surface area contributed by atoms with Gasteiger partial charge >= 0.3 is 11.9 Å². The number of carbonyl (C=O) groups excluding carboxylic acids is 2. The molecule has 1 aliphatic heterocycles. The van der Waals surface area contributed by atoms with Crippen LogP contribution in [0, 0.1) is 0 Å². The lowest BCUT2D eigenvalue weighted by molar-refractivity contribution is 0.0391. The molecule has 24 heavy (non-hydrogen) atoms. The van der Waals surface area contributed by atoms with E-state index in [0.29, 0.717) is 22.4 Å². The first kappa shape index (κ1) is 14.3. The highest BCUT2D eigenvalue weighted by Gasteiger charge is 2.34. The van der Waals surface area contributed by atoms with Crippen molar-refractivity contribution in [3.63, 3.8) is 0 Å². The molecule has 2 heterocycles. The first-order valence-corrected chi connectivity index (χ1v) is 7.30. The van der Waals surface area contributed by atoms with Gasteiger partial charge in [-0.25, -0.2) is 9.59 Å². The van der Waals surface area contributed by atoms with E-state index in [-0.39, 0.29) is 5.56 Å². The molecule has 0 bridgehead atoms. The number of esters is 2. The molecule has 1 aromatic heterocycles. The maximum absolute atomic E-state index is 12.1. The van der Waals surface area contributed by atoms with Crippen molar-refractivity contribution < 1.29 is 14.3 Å². The third kappa shape index (κ3) is 1.64. The summed E-state index contributed by atoms with van der Waals surface area (Å²) in [5, 5.41) is 1.28. The number of aromatic nitrogens is 1. The molecule has 116 valence electrons. The van der Waals surface area contributed by atoms with Gasteiger partial charge in [-0.3, -0.25) is 9.98 Å². The number of nitrogens with zero attached hydrogens (tertiary/aromatic N) is 2. The summed E-state index contributed by atoms with van der Waals surface area (Å²) >= 11 is 0. The summed E-state index contributed by atoms with van der Waals surface area (Å²) in [7, 11) is 1.68. The Hall–Kier alpha value is -3.34. The van der Waals surface area contributed by atoms with E-state index >= 15 is 0 Å².